The quantitative estimate of drug-likeness (QED) is 0.539. The Morgan fingerprint density at radius 2 is 2.14 bits per heavy atom. The van der Waals surface area contributed by atoms with E-state index in [9.17, 15) is 0 Å². The van der Waals surface area contributed by atoms with Gasteiger partial charge in [-0.1, -0.05) is 12.1 Å². The van der Waals surface area contributed by atoms with Crippen molar-refractivity contribution in [3.05, 3.63) is 35.0 Å². The Hall–Kier alpha value is -1.35. The van der Waals surface area contributed by atoms with Crippen molar-refractivity contribution >= 4 is 39.7 Å². The first-order chi connectivity index (χ1) is 6.72. The van der Waals surface area contributed by atoms with E-state index in [4.69, 9.17) is 16.6 Å². The molecular weight excluding hydrogens is 197 g/mol. The van der Waals surface area contributed by atoms with Gasteiger partial charge in [0.1, 0.15) is 0 Å². The zero-order valence-electron chi connectivity index (χ0n) is 7.14. The Morgan fingerprint density at radius 1 is 1.36 bits per heavy atom. The Kier molecular flexibility index (Phi) is 2.26. The van der Waals surface area contributed by atoms with Crippen LogP contribution in [0.3, 0.4) is 0 Å². The van der Waals surface area contributed by atoms with Crippen molar-refractivity contribution in [1.29, 1.82) is 0 Å². The largest absolute Gasteiger partial charge is 0.489 e. The standard InChI is InChI=1S/C9H6BNO2S/c1-11-6-2-3-7-8(10(12)13)5-14-9(7)4-6/h2-5,12-13H. The van der Waals surface area contributed by atoms with Crippen molar-refractivity contribution in [3.63, 3.8) is 0 Å². The molecule has 3 nitrogen and oxygen atoms in total. The van der Waals surface area contributed by atoms with Crippen LogP contribution in [0.4, 0.5) is 5.69 Å². The predicted octanol–water partition coefficient (Wildman–Crippen LogP) is 1.13. The van der Waals surface area contributed by atoms with E-state index in [0.29, 0.717) is 11.2 Å². The van der Waals surface area contributed by atoms with E-state index in [0.717, 1.165) is 10.1 Å². The molecule has 0 radical (unpaired) electrons. The molecule has 0 aliphatic heterocycles. The van der Waals surface area contributed by atoms with Gasteiger partial charge in [0.05, 0.1) is 6.57 Å². The molecular formula is C9H6BNO2S. The Morgan fingerprint density at radius 3 is 2.79 bits per heavy atom. The maximum Gasteiger partial charge on any atom is 0.489 e. The van der Waals surface area contributed by atoms with Crippen LogP contribution in [0.5, 0.6) is 0 Å². The molecule has 0 saturated carbocycles. The molecule has 0 atom stereocenters. The molecule has 68 valence electrons. The van der Waals surface area contributed by atoms with Crippen LogP contribution >= 0.6 is 11.3 Å². The van der Waals surface area contributed by atoms with Crippen LogP contribution in [0.25, 0.3) is 14.9 Å². The number of thiophene rings is 1. The first-order valence-electron chi connectivity index (χ1n) is 3.97. The van der Waals surface area contributed by atoms with Crippen LogP contribution in [-0.2, 0) is 0 Å². The molecule has 0 amide bonds. The Labute approximate surface area is 85.2 Å². The van der Waals surface area contributed by atoms with Crippen LogP contribution in [0.15, 0.2) is 23.6 Å². The molecule has 2 rings (SSSR count). The fourth-order valence-corrected chi connectivity index (χ4v) is 2.31. The zero-order valence-corrected chi connectivity index (χ0v) is 7.95. The predicted molar refractivity (Wildman–Crippen MR) is 57.9 cm³/mol. The molecule has 0 aliphatic rings. The second-order valence-electron chi connectivity index (χ2n) is 2.86. The highest BCUT2D eigenvalue weighted by Crippen LogP contribution is 2.24. The summed E-state index contributed by atoms with van der Waals surface area (Å²) in [6, 6.07) is 5.17. The first-order valence-corrected chi connectivity index (χ1v) is 4.85. The molecule has 1 heterocycles. The fraction of sp³-hybridized carbons (Fsp3) is 0. The average Bonchev–Trinajstić information content (AvgIpc) is 2.59. The molecule has 0 bridgehead atoms. The van der Waals surface area contributed by atoms with Crippen molar-refractivity contribution in [2.45, 2.75) is 0 Å². The molecule has 2 aromatic rings. The van der Waals surface area contributed by atoms with Gasteiger partial charge in [-0.25, -0.2) is 4.85 Å². The lowest BCUT2D eigenvalue weighted by Gasteiger charge is -1.96. The van der Waals surface area contributed by atoms with E-state index < -0.39 is 7.12 Å². The molecule has 0 spiro atoms. The van der Waals surface area contributed by atoms with Gasteiger partial charge in [0, 0.05) is 10.2 Å². The molecule has 14 heavy (non-hydrogen) atoms. The SMILES string of the molecule is [C-]#[N+]c1ccc2c(B(O)O)csc2c1. The van der Waals surface area contributed by atoms with Gasteiger partial charge in [-0.3, -0.25) is 0 Å². The number of rotatable bonds is 1. The van der Waals surface area contributed by atoms with Gasteiger partial charge >= 0.3 is 7.12 Å². The Balaban J connectivity index is 2.67. The van der Waals surface area contributed by atoms with Crippen LogP contribution in [-0.4, -0.2) is 17.2 Å². The van der Waals surface area contributed by atoms with Crippen molar-refractivity contribution in [1.82, 2.24) is 0 Å². The van der Waals surface area contributed by atoms with Gasteiger partial charge in [0.15, 0.2) is 5.69 Å². The van der Waals surface area contributed by atoms with Gasteiger partial charge in [0.25, 0.3) is 0 Å². The van der Waals surface area contributed by atoms with Gasteiger partial charge < -0.3 is 10.0 Å². The highest BCUT2D eigenvalue weighted by Gasteiger charge is 2.15. The molecule has 1 aromatic heterocycles. The van der Waals surface area contributed by atoms with Gasteiger partial charge in [-0.2, -0.15) is 0 Å². The van der Waals surface area contributed by atoms with Crippen molar-refractivity contribution < 1.29 is 10.0 Å². The molecule has 2 N–H and O–H groups in total. The molecule has 0 saturated heterocycles. The lowest BCUT2D eigenvalue weighted by Crippen LogP contribution is -2.28. The van der Waals surface area contributed by atoms with Crippen LogP contribution in [0.2, 0.25) is 0 Å². The van der Waals surface area contributed by atoms with Crippen molar-refractivity contribution in [2.24, 2.45) is 0 Å². The minimum absolute atomic E-state index is 0.501. The number of fused-ring (bicyclic) bond motifs is 1. The third-order valence-electron chi connectivity index (χ3n) is 2.00. The summed E-state index contributed by atoms with van der Waals surface area (Å²) in [6.07, 6.45) is 0. The number of nitrogens with zero attached hydrogens (tertiary/aromatic N) is 1. The minimum atomic E-state index is -1.44. The third-order valence-corrected chi connectivity index (χ3v) is 2.96. The van der Waals surface area contributed by atoms with E-state index in [1.807, 2.05) is 0 Å². The lowest BCUT2D eigenvalue weighted by atomic mass is 9.80. The highest BCUT2D eigenvalue weighted by molar-refractivity contribution is 7.18. The zero-order chi connectivity index (χ0) is 10.1. The van der Waals surface area contributed by atoms with E-state index in [2.05, 4.69) is 4.85 Å². The van der Waals surface area contributed by atoms with Gasteiger partial charge in [-0.05, 0) is 16.8 Å². The number of hydrogen-bond acceptors (Lipinski definition) is 3. The summed E-state index contributed by atoms with van der Waals surface area (Å²) in [5.41, 5.74) is 1.07. The molecule has 0 fully saturated rings. The molecule has 0 unspecified atom stereocenters. The summed E-state index contributed by atoms with van der Waals surface area (Å²) in [5, 5.41) is 20.6. The Bertz CT molecular complexity index is 515. The summed E-state index contributed by atoms with van der Waals surface area (Å²) >= 11 is 1.41. The minimum Gasteiger partial charge on any atom is -0.423 e. The van der Waals surface area contributed by atoms with Gasteiger partial charge in [-0.15, -0.1) is 11.3 Å². The fourth-order valence-electron chi connectivity index (χ4n) is 1.31. The third kappa shape index (κ3) is 1.40. The second-order valence-corrected chi connectivity index (χ2v) is 3.77. The maximum absolute atomic E-state index is 9.04. The average molecular weight is 203 g/mol. The normalized spacial score (nSPS) is 10.1. The lowest BCUT2D eigenvalue weighted by molar-refractivity contribution is 0.426. The highest BCUT2D eigenvalue weighted by atomic mass is 32.1. The molecule has 5 heteroatoms. The summed E-state index contributed by atoms with van der Waals surface area (Å²) in [5.74, 6) is 0. The van der Waals surface area contributed by atoms with E-state index in [1.54, 1.807) is 23.6 Å². The summed E-state index contributed by atoms with van der Waals surface area (Å²) in [4.78, 5) is 3.31. The topological polar surface area (TPSA) is 44.8 Å². The van der Waals surface area contributed by atoms with E-state index >= 15 is 0 Å². The molecule has 0 aliphatic carbocycles. The first kappa shape index (κ1) is 9.22. The van der Waals surface area contributed by atoms with Crippen LogP contribution < -0.4 is 5.46 Å². The smallest absolute Gasteiger partial charge is 0.423 e. The maximum atomic E-state index is 9.04. The van der Waals surface area contributed by atoms with Crippen molar-refractivity contribution in [2.75, 3.05) is 0 Å². The van der Waals surface area contributed by atoms with Crippen molar-refractivity contribution in [3.8, 4) is 0 Å². The second kappa shape index (κ2) is 3.43. The number of benzene rings is 1. The summed E-state index contributed by atoms with van der Waals surface area (Å²) < 4.78 is 0.904. The van der Waals surface area contributed by atoms with E-state index in [1.165, 1.54) is 11.3 Å². The monoisotopic (exact) mass is 203 g/mol. The number of hydrogen-bond donors (Lipinski definition) is 2. The van der Waals surface area contributed by atoms with Crippen LogP contribution in [0, 0.1) is 6.57 Å². The molecule has 1 aromatic carbocycles. The van der Waals surface area contributed by atoms with E-state index in [-0.39, 0.29) is 0 Å². The summed E-state index contributed by atoms with van der Waals surface area (Å²) in [7, 11) is -1.44. The van der Waals surface area contributed by atoms with Gasteiger partial charge in [0.2, 0.25) is 0 Å². The summed E-state index contributed by atoms with van der Waals surface area (Å²) in [6.45, 7) is 6.84. The van der Waals surface area contributed by atoms with Crippen LogP contribution in [0.1, 0.15) is 0 Å².